The molecule has 2 nitrogen and oxygen atoms in total. The molecule has 20 heavy (non-hydrogen) atoms. The van der Waals surface area contributed by atoms with Gasteiger partial charge in [-0.15, -0.1) is 0 Å². The van der Waals surface area contributed by atoms with Crippen molar-refractivity contribution in [2.24, 2.45) is 0 Å². The van der Waals surface area contributed by atoms with Crippen LogP contribution in [0.25, 0.3) is 16.8 Å². The first-order valence-corrected chi connectivity index (χ1v) is 7.45. The number of halogens is 1. The number of hydrogen-bond donors (Lipinski definition) is 0. The molecule has 2 aromatic heterocycles. The van der Waals surface area contributed by atoms with Crippen LogP contribution in [0, 0.1) is 0 Å². The average Bonchev–Trinajstić information content (AvgIpc) is 2.92. The maximum absolute atomic E-state index is 5.95. The Labute approximate surface area is 123 Å². The molecular formula is C17H15ClN2. The normalized spacial score (nSPS) is 14.4. The summed E-state index contributed by atoms with van der Waals surface area (Å²) in [5, 5.41) is 5.56. The van der Waals surface area contributed by atoms with Crippen molar-refractivity contribution in [3.8, 4) is 11.3 Å². The third kappa shape index (κ3) is 1.92. The van der Waals surface area contributed by atoms with Gasteiger partial charge in [-0.1, -0.05) is 29.8 Å². The van der Waals surface area contributed by atoms with Crippen LogP contribution in [-0.4, -0.2) is 9.61 Å². The number of pyridine rings is 1. The molecule has 4 rings (SSSR count). The van der Waals surface area contributed by atoms with Gasteiger partial charge in [0.1, 0.15) is 0 Å². The average molecular weight is 283 g/mol. The summed E-state index contributed by atoms with van der Waals surface area (Å²) in [6.07, 6.45) is 4.88. The van der Waals surface area contributed by atoms with Crippen LogP contribution in [0.3, 0.4) is 0 Å². The molecule has 1 aliphatic carbocycles. The van der Waals surface area contributed by atoms with E-state index in [9.17, 15) is 0 Å². The number of fused-ring (bicyclic) bond motifs is 3. The molecule has 0 fully saturated rings. The third-order valence-electron chi connectivity index (χ3n) is 4.07. The number of benzene rings is 1. The molecule has 0 unspecified atom stereocenters. The Kier molecular flexibility index (Phi) is 2.78. The summed E-state index contributed by atoms with van der Waals surface area (Å²) in [7, 11) is 0. The summed E-state index contributed by atoms with van der Waals surface area (Å²) in [5.41, 5.74) is 6.14. The van der Waals surface area contributed by atoms with E-state index < -0.39 is 0 Å². The van der Waals surface area contributed by atoms with Crippen molar-refractivity contribution in [2.75, 3.05) is 0 Å². The predicted octanol–water partition coefficient (Wildman–Crippen LogP) is 4.53. The number of nitrogens with zero attached hydrogens (tertiary/aromatic N) is 2. The van der Waals surface area contributed by atoms with Gasteiger partial charge in [0.25, 0.3) is 0 Å². The van der Waals surface area contributed by atoms with E-state index in [0.29, 0.717) is 0 Å². The Bertz CT molecular complexity index is 772. The molecule has 0 saturated heterocycles. The molecule has 0 saturated carbocycles. The van der Waals surface area contributed by atoms with Gasteiger partial charge in [0, 0.05) is 16.3 Å². The Balaban J connectivity index is 1.88. The molecule has 0 amide bonds. The SMILES string of the molecule is Clc1ccc(-c2cc3ccc4c(n3n2)CCCC4)cc1. The number of rotatable bonds is 1. The van der Waals surface area contributed by atoms with Crippen molar-refractivity contribution in [3.05, 3.63) is 58.7 Å². The Hall–Kier alpha value is -1.80. The van der Waals surface area contributed by atoms with Crippen molar-refractivity contribution in [1.82, 2.24) is 9.61 Å². The highest BCUT2D eigenvalue weighted by Crippen LogP contribution is 2.26. The molecule has 0 atom stereocenters. The fourth-order valence-corrected chi connectivity index (χ4v) is 3.14. The quantitative estimate of drug-likeness (QED) is 0.641. The first kappa shape index (κ1) is 12.0. The van der Waals surface area contributed by atoms with Crippen molar-refractivity contribution in [3.63, 3.8) is 0 Å². The fraction of sp³-hybridized carbons (Fsp3) is 0.235. The molecule has 0 N–H and O–H groups in total. The summed E-state index contributed by atoms with van der Waals surface area (Å²) >= 11 is 5.95. The van der Waals surface area contributed by atoms with Crippen molar-refractivity contribution < 1.29 is 0 Å². The maximum atomic E-state index is 5.95. The van der Waals surface area contributed by atoms with E-state index >= 15 is 0 Å². The zero-order valence-electron chi connectivity index (χ0n) is 11.1. The third-order valence-corrected chi connectivity index (χ3v) is 4.32. The molecule has 0 radical (unpaired) electrons. The lowest BCUT2D eigenvalue weighted by atomic mass is 9.96. The number of aryl methyl sites for hydroxylation is 2. The van der Waals surface area contributed by atoms with Gasteiger partial charge in [0.05, 0.1) is 11.2 Å². The zero-order chi connectivity index (χ0) is 13.5. The van der Waals surface area contributed by atoms with Crippen LogP contribution in [-0.2, 0) is 12.8 Å². The summed E-state index contributed by atoms with van der Waals surface area (Å²) < 4.78 is 2.12. The van der Waals surface area contributed by atoms with E-state index in [1.807, 2.05) is 24.3 Å². The minimum absolute atomic E-state index is 0.759. The Morgan fingerprint density at radius 1 is 0.950 bits per heavy atom. The van der Waals surface area contributed by atoms with Gasteiger partial charge in [-0.2, -0.15) is 5.10 Å². The van der Waals surface area contributed by atoms with Gasteiger partial charge < -0.3 is 0 Å². The van der Waals surface area contributed by atoms with Crippen LogP contribution in [0.1, 0.15) is 24.1 Å². The van der Waals surface area contributed by atoms with Crippen molar-refractivity contribution in [2.45, 2.75) is 25.7 Å². The van der Waals surface area contributed by atoms with E-state index in [0.717, 1.165) is 22.7 Å². The van der Waals surface area contributed by atoms with Gasteiger partial charge in [-0.25, -0.2) is 4.52 Å². The van der Waals surface area contributed by atoms with Gasteiger partial charge in [-0.05, 0) is 55.5 Å². The summed E-state index contributed by atoms with van der Waals surface area (Å²) in [6, 6.07) is 14.5. The number of aromatic nitrogens is 2. The van der Waals surface area contributed by atoms with Gasteiger partial charge in [0.15, 0.2) is 0 Å². The molecule has 0 bridgehead atoms. The second-order valence-corrected chi connectivity index (χ2v) is 5.82. The van der Waals surface area contributed by atoms with Crippen LogP contribution in [0.15, 0.2) is 42.5 Å². The smallest absolute Gasteiger partial charge is 0.0933 e. The molecule has 3 aromatic rings. The highest BCUT2D eigenvalue weighted by atomic mass is 35.5. The maximum Gasteiger partial charge on any atom is 0.0933 e. The Morgan fingerprint density at radius 2 is 1.75 bits per heavy atom. The standard InChI is InChI=1S/C17H15ClN2/c18-14-8-5-12(6-9-14)16-11-15-10-7-13-3-1-2-4-17(13)20(15)19-16/h5-11H,1-4H2. The van der Waals surface area contributed by atoms with Gasteiger partial charge in [-0.3, -0.25) is 0 Å². The second-order valence-electron chi connectivity index (χ2n) is 5.39. The van der Waals surface area contributed by atoms with Crippen molar-refractivity contribution >= 4 is 17.1 Å². The van der Waals surface area contributed by atoms with Crippen molar-refractivity contribution in [1.29, 1.82) is 0 Å². The van der Waals surface area contributed by atoms with Crippen LogP contribution >= 0.6 is 11.6 Å². The van der Waals surface area contributed by atoms with Crippen LogP contribution in [0.5, 0.6) is 0 Å². The predicted molar refractivity (Wildman–Crippen MR) is 82.3 cm³/mol. The lowest BCUT2D eigenvalue weighted by Gasteiger charge is -2.16. The minimum atomic E-state index is 0.759. The lowest BCUT2D eigenvalue weighted by Crippen LogP contribution is -2.09. The minimum Gasteiger partial charge on any atom is -0.237 e. The Morgan fingerprint density at radius 3 is 2.60 bits per heavy atom. The first-order chi connectivity index (χ1) is 9.81. The van der Waals surface area contributed by atoms with Crippen LogP contribution in [0.2, 0.25) is 5.02 Å². The molecule has 3 heteroatoms. The molecule has 1 aromatic carbocycles. The first-order valence-electron chi connectivity index (χ1n) is 7.08. The van der Waals surface area contributed by atoms with Gasteiger partial charge in [0.2, 0.25) is 0 Å². The second kappa shape index (κ2) is 4.64. The van der Waals surface area contributed by atoms with Gasteiger partial charge >= 0.3 is 0 Å². The van der Waals surface area contributed by atoms with E-state index in [1.54, 1.807) is 0 Å². The van der Waals surface area contributed by atoms with Crippen LogP contribution in [0.4, 0.5) is 0 Å². The molecule has 100 valence electrons. The van der Waals surface area contributed by atoms with E-state index in [2.05, 4.69) is 22.7 Å². The fourth-order valence-electron chi connectivity index (χ4n) is 3.01. The summed E-state index contributed by atoms with van der Waals surface area (Å²) in [4.78, 5) is 0. The van der Waals surface area contributed by atoms with Crippen LogP contribution < -0.4 is 0 Å². The largest absolute Gasteiger partial charge is 0.237 e. The topological polar surface area (TPSA) is 17.3 Å². The number of hydrogen-bond acceptors (Lipinski definition) is 1. The van der Waals surface area contributed by atoms with E-state index in [1.165, 1.54) is 36.0 Å². The van der Waals surface area contributed by atoms with E-state index in [4.69, 9.17) is 16.7 Å². The molecule has 2 heterocycles. The van der Waals surface area contributed by atoms with E-state index in [-0.39, 0.29) is 0 Å². The molecule has 0 spiro atoms. The lowest BCUT2D eigenvalue weighted by molar-refractivity contribution is 0.646. The zero-order valence-corrected chi connectivity index (χ0v) is 11.9. The summed E-state index contributed by atoms with van der Waals surface area (Å²) in [6.45, 7) is 0. The summed E-state index contributed by atoms with van der Waals surface area (Å²) in [5.74, 6) is 0. The molecule has 0 aliphatic heterocycles. The highest BCUT2D eigenvalue weighted by molar-refractivity contribution is 6.30. The molecule has 1 aliphatic rings. The molecular weight excluding hydrogens is 268 g/mol. The monoisotopic (exact) mass is 282 g/mol. The highest BCUT2D eigenvalue weighted by Gasteiger charge is 2.14.